The molecule has 3 heterocycles. The third-order valence-electron chi connectivity index (χ3n) is 3.26. The fourth-order valence-corrected chi connectivity index (χ4v) is 3.68. The minimum atomic E-state index is -0.213. The highest BCUT2D eigenvalue weighted by atomic mass is 32.1. The Balaban J connectivity index is 1.67. The SMILES string of the molecule is O=C(Nc1nnc(-c2ccsc2)s1)N1CCCC1CO. The van der Waals surface area contributed by atoms with Gasteiger partial charge in [-0.2, -0.15) is 11.3 Å². The van der Waals surface area contributed by atoms with Gasteiger partial charge in [0.15, 0.2) is 0 Å². The zero-order chi connectivity index (χ0) is 13.9. The molecule has 1 fully saturated rings. The topological polar surface area (TPSA) is 78.4 Å². The summed E-state index contributed by atoms with van der Waals surface area (Å²) in [5.74, 6) is 0. The number of likely N-dealkylation sites (tertiary alicyclic amines) is 1. The highest BCUT2D eigenvalue weighted by Gasteiger charge is 2.28. The number of amides is 2. The Morgan fingerprint density at radius 3 is 3.20 bits per heavy atom. The number of rotatable bonds is 3. The molecule has 20 heavy (non-hydrogen) atoms. The monoisotopic (exact) mass is 310 g/mol. The van der Waals surface area contributed by atoms with Crippen molar-refractivity contribution < 1.29 is 9.90 Å². The van der Waals surface area contributed by atoms with Crippen molar-refractivity contribution in [2.24, 2.45) is 0 Å². The van der Waals surface area contributed by atoms with Gasteiger partial charge in [0, 0.05) is 17.5 Å². The Hall–Kier alpha value is -1.51. The van der Waals surface area contributed by atoms with E-state index in [4.69, 9.17) is 0 Å². The number of aliphatic hydroxyl groups excluding tert-OH is 1. The van der Waals surface area contributed by atoms with Crippen molar-refractivity contribution in [3.05, 3.63) is 16.8 Å². The standard InChI is InChI=1S/C12H14N4O2S2/c17-6-9-2-1-4-16(9)12(18)13-11-15-14-10(20-11)8-3-5-19-7-8/h3,5,7,9,17H,1-2,4,6H2,(H,13,15,18). The van der Waals surface area contributed by atoms with Crippen LogP contribution in [0.4, 0.5) is 9.93 Å². The number of nitrogens with zero attached hydrogens (tertiary/aromatic N) is 3. The Bertz CT molecular complexity index is 584. The molecule has 0 spiro atoms. The summed E-state index contributed by atoms with van der Waals surface area (Å²) in [6, 6.07) is 1.67. The number of thiophene rings is 1. The lowest BCUT2D eigenvalue weighted by atomic mass is 10.2. The van der Waals surface area contributed by atoms with E-state index in [1.54, 1.807) is 16.2 Å². The molecule has 8 heteroatoms. The van der Waals surface area contributed by atoms with Crippen molar-refractivity contribution in [2.45, 2.75) is 18.9 Å². The lowest BCUT2D eigenvalue weighted by Crippen LogP contribution is -2.40. The Morgan fingerprint density at radius 1 is 1.55 bits per heavy atom. The Kier molecular flexibility index (Phi) is 3.95. The van der Waals surface area contributed by atoms with Crippen molar-refractivity contribution in [1.82, 2.24) is 15.1 Å². The Labute approximate surface area is 124 Å². The van der Waals surface area contributed by atoms with E-state index in [1.807, 2.05) is 16.8 Å². The maximum absolute atomic E-state index is 12.1. The average Bonchev–Trinajstić information content (AvgIpc) is 3.19. The zero-order valence-electron chi connectivity index (χ0n) is 10.7. The van der Waals surface area contributed by atoms with Gasteiger partial charge in [-0.25, -0.2) is 4.79 Å². The summed E-state index contributed by atoms with van der Waals surface area (Å²) in [6.07, 6.45) is 1.77. The summed E-state index contributed by atoms with van der Waals surface area (Å²) in [5.41, 5.74) is 1.02. The van der Waals surface area contributed by atoms with Crippen molar-refractivity contribution >= 4 is 33.8 Å². The molecule has 0 bridgehead atoms. The number of nitrogens with one attached hydrogen (secondary N) is 1. The largest absolute Gasteiger partial charge is 0.394 e. The maximum Gasteiger partial charge on any atom is 0.324 e. The van der Waals surface area contributed by atoms with Crippen LogP contribution in [0.3, 0.4) is 0 Å². The molecule has 3 rings (SSSR count). The minimum absolute atomic E-state index is 0.00366. The van der Waals surface area contributed by atoms with Gasteiger partial charge in [-0.05, 0) is 24.3 Å². The van der Waals surface area contributed by atoms with Crippen molar-refractivity contribution in [2.75, 3.05) is 18.5 Å². The van der Waals surface area contributed by atoms with Gasteiger partial charge in [0.2, 0.25) is 5.13 Å². The molecule has 1 atom stereocenters. The predicted octanol–water partition coefficient (Wildman–Crippen LogP) is 2.26. The van der Waals surface area contributed by atoms with Crippen LogP contribution in [0.5, 0.6) is 0 Å². The first-order valence-electron chi connectivity index (χ1n) is 6.32. The van der Waals surface area contributed by atoms with Gasteiger partial charge in [0.05, 0.1) is 12.6 Å². The second-order valence-electron chi connectivity index (χ2n) is 4.53. The van der Waals surface area contributed by atoms with Crippen LogP contribution in [0.2, 0.25) is 0 Å². The lowest BCUT2D eigenvalue weighted by Gasteiger charge is -2.22. The average molecular weight is 310 g/mol. The molecule has 1 unspecified atom stereocenters. The highest BCUT2D eigenvalue weighted by molar-refractivity contribution is 7.19. The van der Waals surface area contributed by atoms with Crippen LogP contribution in [0.25, 0.3) is 10.6 Å². The molecule has 1 saturated heterocycles. The molecule has 2 amide bonds. The van der Waals surface area contributed by atoms with Crippen LogP contribution in [-0.2, 0) is 0 Å². The van der Waals surface area contributed by atoms with Crippen molar-refractivity contribution in [3.8, 4) is 10.6 Å². The first kappa shape index (κ1) is 13.5. The van der Waals surface area contributed by atoms with E-state index >= 15 is 0 Å². The Morgan fingerprint density at radius 2 is 2.45 bits per heavy atom. The zero-order valence-corrected chi connectivity index (χ0v) is 12.3. The normalized spacial score (nSPS) is 18.4. The van der Waals surface area contributed by atoms with Gasteiger partial charge < -0.3 is 10.0 Å². The first-order chi connectivity index (χ1) is 9.78. The number of carbonyl (C=O) groups excluding carboxylic acids is 1. The van der Waals surface area contributed by atoms with Crippen LogP contribution in [0.1, 0.15) is 12.8 Å². The summed E-state index contributed by atoms with van der Waals surface area (Å²) in [7, 11) is 0. The molecule has 2 aromatic heterocycles. The molecule has 0 aromatic carbocycles. The first-order valence-corrected chi connectivity index (χ1v) is 8.08. The predicted molar refractivity (Wildman–Crippen MR) is 79.1 cm³/mol. The van der Waals surface area contributed by atoms with E-state index in [9.17, 15) is 9.90 Å². The number of aliphatic hydroxyl groups is 1. The second kappa shape index (κ2) is 5.86. The summed E-state index contributed by atoms with van der Waals surface area (Å²) < 4.78 is 0. The van der Waals surface area contributed by atoms with E-state index in [0.29, 0.717) is 11.7 Å². The minimum Gasteiger partial charge on any atom is -0.394 e. The van der Waals surface area contributed by atoms with E-state index < -0.39 is 0 Å². The summed E-state index contributed by atoms with van der Waals surface area (Å²) in [4.78, 5) is 13.8. The lowest BCUT2D eigenvalue weighted by molar-refractivity contribution is 0.166. The number of aromatic nitrogens is 2. The highest BCUT2D eigenvalue weighted by Crippen LogP contribution is 2.28. The summed E-state index contributed by atoms with van der Waals surface area (Å²) in [5, 5.41) is 25.3. The fraction of sp³-hybridized carbons (Fsp3) is 0.417. The van der Waals surface area contributed by atoms with E-state index in [-0.39, 0.29) is 18.7 Å². The van der Waals surface area contributed by atoms with Gasteiger partial charge in [0.25, 0.3) is 0 Å². The van der Waals surface area contributed by atoms with Gasteiger partial charge in [0.1, 0.15) is 5.01 Å². The number of hydrogen-bond acceptors (Lipinski definition) is 6. The number of urea groups is 1. The van der Waals surface area contributed by atoms with Gasteiger partial charge in [-0.1, -0.05) is 11.3 Å². The quantitative estimate of drug-likeness (QED) is 0.911. The van der Waals surface area contributed by atoms with E-state index in [2.05, 4.69) is 15.5 Å². The van der Waals surface area contributed by atoms with Crippen LogP contribution in [0, 0.1) is 0 Å². The van der Waals surface area contributed by atoms with Crippen LogP contribution in [-0.4, -0.2) is 45.4 Å². The summed E-state index contributed by atoms with van der Waals surface area (Å²) >= 11 is 2.95. The number of hydrogen-bond donors (Lipinski definition) is 2. The van der Waals surface area contributed by atoms with Crippen LogP contribution < -0.4 is 5.32 Å². The molecular formula is C12H14N4O2S2. The molecule has 2 aromatic rings. The van der Waals surface area contributed by atoms with Crippen LogP contribution in [0.15, 0.2) is 16.8 Å². The second-order valence-corrected chi connectivity index (χ2v) is 6.28. The van der Waals surface area contributed by atoms with E-state index in [1.165, 1.54) is 11.3 Å². The third-order valence-corrected chi connectivity index (χ3v) is 4.83. The molecule has 0 saturated carbocycles. The van der Waals surface area contributed by atoms with Crippen LogP contribution >= 0.6 is 22.7 Å². The van der Waals surface area contributed by atoms with Gasteiger partial charge >= 0.3 is 6.03 Å². The molecule has 1 aliphatic heterocycles. The molecule has 6 nitrogen and oxygen atoms in total. The molecule has 2 N–H and O–H groups in total. The summed E-state index contributed by atoms with van der Waals surface area (Å²) in [6.45, 7) is 0.678. The smallest absolute Gasteiger partial charge is 0.324 e. The van der Waals surface area contributed by atoms with Gasteiger partial charge in [-0.3, -0.25) is 5.32 Å². The molecule has 1 aliphatic rings. The van der Waals surface area contributed by atoms with E-state index in [0.717, 1.165) is 23.4 Å². The number of anilines is 1. The van der Waals surface area contributed by atoms with Crippen molar-refractivity contribution in [1.29, 1.82) is 0 Å². The fourth-order valence-electron chi connectivity index (χ4n) is 2.23. The molecular weight excluding hydrogens is 296 g/mol. The molecule has 106 valence electrons. The maximum atomic E-state index is 12.1. The molecule has 0 aliphatic carbocycles. The van der Waals surface area contributed by atoms with Gasteiger partial charge in [-0.15, -0.1) is 10.2 Å². The number of carbonyl (C=O) groups is 1. The third kappa shape index (κ3) is 2.67. The molecule has 0 radical (unpaired) electrons. The van der Waals surface area contributed by atoms with Crippen molar-refractivity contribution in [3.63, 3.8) is 0 Å².